The quantitative estimate of drug-likeness (QED) is 0.753. The van der Waals surface area contributed by atoms with Gasteiger partial charge in [-0.2, -0.15) is 0 Å². The van der Waals surface area contributed by atoms with Gasteiger partial charge in [-0.05, 0) is 26.7 Å². The summed E-state index contributed by atoms with van der Waals surface area (Å²) in [6, 6.07) is 0. The van der Waals surface area contributed by atoms with E-state index in [9.17, 15) is 4.57 Å². The van der Waals surface area contributed by atoms with Crippen LogP contribution in [0.3, 0.4) is 0 Å². The van der Waals surface area contributed by atoms with Crippen molar-refractivity contribution in [2.75, 3.05) is 32.9 Å². The lowest BCUT2D eigenvalue weighted by Gasteiger charge is -2.29. The van der Waals surface area contributed by atoms with Gasteiger partial charge in [-0.15, -0.1) is 0 Å². The first kappa shape index (κ1) is 14.5. The van der Waals surface area contributed by atoms with Gasteiger partial charge < -0.3 is 19.1 Å². The number of ether oxygens (including phenoxy) is 1. The molecule has 0 saturated carbocycles. The molecular weight excluding hydrogens is 253 g/mol. The van der Waals surface area contributed by atoms with Crippen LogP contribution < -0.4 is 5.32 Å². The molecule has 18 heavy (non-hydrogen) atoms. The van der Waals surface area contributed by atoms with Crippen LogP contribution in [0.1, 0.15) is 26.7 Å². The average molecular weight is 277 g/mol. The van der Waals surface area contributed by atoms with Gasteiger partial charge in [-0.25, -0.2) is 0 Å². The number of hydrogen-bond donors (Lipinski definition) is 1. The van der Waals surface area contributed by atoms with Gasteiger partial charge in [0.05, 0.1) is 25.0 Å². The Morgan fingerprint density at radius 1 is 1.28 bits per heavy atom. The maximum absolute atomic E-state index is 12.8. The van der Waals surface area contributed by atoms with Gasteiger partial charge in [0.2, 0.25) is 0 Å². The third-order valence-electron chi connectivity index (χ3n) is 3.69. The molecule has 0 amide bonds. The first-order valence-corrected chi connectivity index (χ1v) is 8.53. The molecule has 6 heteroatoms. The molecule has 2 heterocycles. The Bertz CT molecular complexity index is 296. The Morgan fingerprint density at radius 2 is 2.00 bits per heavy atom. The van der Waals surface area contributed by atoms with Crippen molar-refractivity contribution in [2.45, 2.75) is 38.5 Å². The number of hydrogen-bond acceptors (Lipinski definition) is 5. The van der Waals surface area contributed by atoms with E-state index >= 15 is 0 Å². The largest absolute Gasteiger partial charge is 0.378 e. The Morgan fingerprint density at radius 3 is 2.56 bits per heavy atom. The zero-order chi connectivity index (χ0) is 13.0. The van der Waals surface area contributed by atoms with Gasteiger partial charge in [-0.1, -0.05) is 0 Å². The number of nitrogens with one attached hydrogen (secondary N) is 1. The molecule has 2 saturated heterocycles. The molecule has 2 rings (SSSR count). The smallest absolute Gasteiger partial charge is 0.335 e. The lowest BCUT2D eigenvalue weighted by Crippen LogP contribution is -2.31. The maximum atomic E-state index is 12.8. The fraction of sp³-hybridized carbons (Fsp3) is 1.00. The van der Waals surface area contributed by atoms with Gasteiger partial charge in [-0.3, -0.25) is 4.57 Å². The summed E-state index contributed by atoms with van der Waals surface area (Å²) in [5, 5.41) is 3.31. The van der Waals surface area contributed by atoms with E-state index in [1.54, 1.807) is 0 Å². The van der Waals surface area contributed by atoms with Crippen LogP contribution >= 0.6 is 7.60 Å². The van der Waals surface area contributed by atoms with Crippen molar-refractivity contribution < 1.29 is 18.3 Å². The van der Waals surface area contributed by atoms with Crippen LogP contribution in [-0.4, -0.2) is 44.7 Å². The van der Waals surface area contributed by atoms with E-state index in [1.165, 1.54) is 0 Å². The summed E-state index contributed by atoms with van der Waals surface area (Å²) in [6.45, 7) is 6.92. The van der Waals surface area contributed by atoms with Crippen LogP contribution in [0.4, 0.5) is 0 Å². The number of rotatable bonds is 6. The Kier molecular flexibility index (Phi) is 5.22. The molecule has 2 aliphatic rings. The van der Waals surface area contributed by atoms with E-state index in [2.05, 4.69) is 5.32 Å². The Labute approximate surface area is 109 Å². The first-order valence-electron chi connectivity index (χ1n) is 6.92. The molecule has 3 atom stereocenters. The summed E-state index contributed by atoms with van der Waals surface area (Å²) in [6.07, 6.45) is 2.36. The van der Waals surface area contributed by atoms with Crippen molar-refractivity contribution in [1.29, 1.82) is 0 Å². The summed E-state index contributed by atoms with van der Waals surface area (Å²) in [5.41, 5.74) is -0.0690. The van der Waals surface area contributed by atoms with E-state index in [4.69, 9.17) is 13.8 Å². The highest BCUT2D eigenvalue weighted by Gasteiger charge is 2.47. The monoisotopic (exact) mass is 277 g/mol. The second-order valence-corrected chi connectivity index (χ2v) is 7.08. The molecule has 0 aromatic rings. The lowest BCUT2D eigenvalue weighted by molar-refractivity contribution is 0.0665. The maximum Gasteiger partial charge on any atom is 0.335 e. The van der Waals surface area contributed by atoms with Crippen LogP contribution in [0.2, 0.25) is 0 Å². The van der Waals surface area contributed by atoms with Crippen molar-refractivity contribution in [3.63, 3.8) is 0 Å². The van der Waals surface area contributed by atoms with Crippen LogP contribution in [0, 0.1) is 5.92 Å². The molecule has 5 nitrogen and oxygen atoms in total. The van der Waals surface area contributed by atoms with Gasteiger partial charge >= 0.3 is 7.60 Å². The molecule has 0 aromatic heterocycles. The van der Waals surface area contributed by atoms with Crippen molar-refractivity contribution in [1.82, 2.24) is 5.32 Å². The van der Waals surface area contributed by atoms with Gasteiger partial charge in [0.1, 0.15) is 0 Å². The zero-order valence-electron chi connectivity index (χ0n) is 11.3. The minimum Gasteiger partial charge on any atom is -0.378 e. The van der Waals surface area contributed by atoms with Crippen molar-refractivity contribution >= 4 is 7.60 Å². The average Bonchev–Trinajstić information content (AvgIpc) is 3.00. The highest BCUT2D eigenvalue weighted by atomic mass is 31.2. The molecule has 0 radical (unpaired) electrons. The molecule has 0 aromatic carbocycles. The Balaban J connectivity index is 2.09. The standard InChI is InChI=1S/C12H24NO4P/c1-3-16-18(14,17-4-2)12-9-13-8-10(12)11-6-5-7-15-11/h10-13H,3-9H2,1-2H3. The first-order chi connectivity index (χ1) is 8.71. The van der Waals surface area contributed by atoms with E-state index in [1.807, 2.05) is 13.8 Å². The third-order valence-corrected chi connectivity index (χ3v) is 6.31. The lowest BCUT2D eigenvalue weighted by atomic mass is 9.99. The van der Waals surface area contributed by atoms with Crippen LogP contribution in [-0.2, 0) is 18.3 Å². The highest BCUT2D eigenvalue weighted by molar-refractivity contribution is 7.54. The molecule has 1 N–H and O–H groups in total. The molecule has 3 unspecified atom stereocenters. The molecule has 0 spiro atoms. The SMILES string of the molecule is CCOP(=O)(OCC)C1CNCC1C1CCCO1. The molecule has 0 bridgehead atoms. The minimum absolute atomic E-state index is 0.0690. The fourth-order valence-corrected chi connectivity index (χ4v) is 5.24. The topological polar surface area (TPSA) is 56.8 Å². The second kappa shape index (κ2) is 6.49. The molecule has 2 fully saturated rings. The molecule has 106 valence electrons. The third kappa shape index (κ3) is 2.97. The van der Waals surface area contributed by atoms with E-state index in [-0.39, 0.29) is 17.7 Å². The predicted octanol–water partition coefficient (Wildman–Crippen LogP) is 2.02. The fourth-order valence-electron chi connectivity index (χ4n) is 2.94. The van der Waals surface area contributed by atoms with E-state index in [0.29, 0.717) is 19.8 Å². The molecular formula is C12H24NO4P. The highest BCUT2D eigenvalue weighted by Crippen LogP contribution is 2.57. The van der Waals surface area contributed by atoms with Gasteiger partial charge in [0.25, 0.3) is 0 Å². The zero-order valence-corrected chi connectivity index (χ0v) is 12.2. The molecule has 2 aliphatic heterocycles. The van der Waals surface area contributed by atoms with Crippen molar-refractivity contribution in [3.8, 4) is 0 Å². The summed E-state index contributed by atoms with van der Waals surface area (Å²) < 4.78 is 29.6. The summed E-state index contributed by atoms with van der Waals surface area (Å²) in [7, 11) is -3.02. The van der Waals surface area contributed by atoms with Crippen LogP contribution in [0.5, 0.6) is 0 Å². The summed E-state index contributed by atoms with van der Waals surface area (Å²) in [4.78, 5) is 0. The van der Waals surface area contributed by atoms with Crippen molar-refractivity contribution in [2.24, 2.45) is 5.92 Å². The van der Waals surface area contributed by atoms with Gasteiger partial charge in [0, 0.05) is 25.6 Å². The second-order valence-electron chi connectivity index (χ2n) is 4.82. The van der Waals surface area contributed by atoms with Crippen molar-refractivity contribution in [3.05, 3.63) is 0 Å². The van der Waals surface area contributed by atoms with Crippen LogP contribution in [0.15, 0.2) is 0 Å². The van der Waals surface area contributed by atoms with Gasteiger partial charge in [0.15, 0.2) is 0 Å². The normalized spacial score (nSPS) is 33.1. The minimum atomic E-state index is -3.02. The van der Waals surface area contributed by atoms with E-state index in [0.717, 1.165) is 26.0 Å². The van der Waals surface area contributed by atoms with E-state index < -0.39 is 7.60 Å². The van der Waals surface area contributed by atoms with Crippen LogP contribution in [0.25, 0.3) is 0 Å². The molecule has 0 aliphatic carbocycles. The predicted molar refractivity (Wildman–Crippen MR) is 70.0 cm³/mol. The summed E-state index contributed by atoms with van der Waals surface area (Å²) >= 11 is 0. The summed E-state index contributed by atoms with van der Waals surface area (Å²) in [5.74, 6) is 0.247. The Hall–Kier alpha value is 0.0700.